The number of aromatic nitrogens is 3. The van der Waals surface area contributed by atoms with Gasteiger partial charge in [-0.15, -0.1) is 0 Å². The van der Waals surface area contributed by atoms with E-state index in [2.05, 4.69) is 21.0 Å². The molecular formula is C15H21N3O. The van der Waals surface area contributed by atoms with Crippen LogP contribution in [-0.4, -0.2) is 19.2 Å². The zero-order valence-corrected chi connectivity index (χ0v) is 11.4. The maximum atomic E-state index is 9.98. The molecule has 0 amide bonds. The Morgan fingerprint density at radius 2 is 2.32 bits per heavy atom. The van der Waals surface area contributed by atoms with Gasteiger partial charge < -0.3 is 14.2 Å². The summed E-state index contributed by atoms with van der Waals surface area (Å²) in [6.07, 6.45) is 12.0. The highest BCUT2D eigenvalue weighted by molar-refractivity contribution is 5.15. The van der Waals surface area contributed by atoms with Gasteiger partial charge in [-0.25, -0.2) is 4.98 Å². The normalized spacial score (nSPS) is 16.7. The summed E-state index contributed by atoms with van der Waals surface area (Å²) in [4.78, 5) is 4.25. The van der Waals surface area contributed by atoms with E-state index in [1.54, 1.807) is 0 Å². The minimum absolute atomic E-state index is 0.334. The Balaban J connectivity index is 1.71. The van der Waals surface area contributed by atoms with Gasteiger partial charge in [0.05, 0.1) is 24.7 Å². The SMILES string of the molecule is CCCC(O)c1ccn(Cc2cncn2C2CC2)c1. The van der Waals surface area contributed by atoms with Crippen molar-refractivity contribution in [3.63, 3.8) is 0 Å². The smallest absolute Gasteiger partial charge is 0.0951 e. The second-order valence-corrected chi connectivity index (χ2v) is 5.45. The van der Waals surface area contributed by atoms with E-state index in [1.165, 1.54) is 18.5 Å². The quantitative estimate of drug-likeness (QED) is 0.866. The molecule has 1 fully saturated rings. The van der Waals surface area contributed by atoms with Crippen LogP contribution in [0.15, 0.2) is 31.0 Å². The number of aliphatic hydroxyl groups excluding tert-OH is 1. The van der Waals surface area contributed by atoms with Crippen molar-refractivity contribution in [2.75, 3.05) is 0 Å². The lowest BCUT2D eigenvalue weighted by Crippen LogP contribution is -2.04. The van der Waals surface area contributed by atoms with Gasteiger partial charge in [0.2, 0.25) is 0 Å². The lowest BCUT2D eigenvalue weighted by Gasteiger charge is -2.08. The highest BCUT2D eigenvalue weighted by Crippen LogP contribution is 2.35. The lowest BCUT2D eigenvalue weighted by atomic mass is 10.1. The molecule has 1 unspecified atom stereocenters. The van der Waals surface area contributed by atoms with Crippen LogP contribution >= 0.6 is 0 Å². The molecule has 2 aromatic rings. The van der Waals surface area contributed by atoms with E-state index in [0.717, 1.165) is 24.9 Å². The third kappa shape index (κ3) is 2.73. The van der Waals surface area contributed by atoms with Crippen LogP contribution in [0.4, 0.5) is 0 Å². The molecule has 1 N–H and O–H groups in total. The van der Waals surface area contributed by atoms with E-state index in [0.29, 0.717) is 6.04 Å². The number of hydrogen-bond acceptors (Lipinski definition) is 2. The van der Waals surface area contributed by atoms with Gasteiger partial charge in [0.1, 0.15) is 0 Å². The summed E-state index contributed by atoms with van der Waals surface area (Å²) in [5.74, 6) is 0. The van der Waals surface area contributed by atoms with Crippen molar-refractivity contribution in [3.05, 3.63) is 42.2 Å². The van der Waals surface area contributed by atoms with Crippen LogP contribution in [-0.2, 0) is 6.54 Å². The molecule has 19 heavy (non-hydrogen) atoms. The number of hydrogen-bond donors (Lipinski definition) is 1. The number of aliphatic hydroxyl groups is 1. The highest BCUT2D eigenvalue weighted by Gasteiger charge is 2.25. The van der Waals surface area contributed by atoms with Gasteiger partial charge in [-0.2, -0.15) is 0 Å². The Kier molecular flexibility index (Phi) is 3.42. The van der Waals surface area contributed by atoms with Crippen LogP contribution in [0.1, 0.15) is 56.0 Å². The van der Waals surface area contributed by atoms with Gasteiger partial charge in [0, 0.05) is 24.6 Å². The van der Waals surface area contributed by atoms with Gasteiger partial charge in [0.15, 0.2) is 0 Å². The Morgan fingerprint density at radius 1 is 1.47 bits per heavy atom. The first-order valence-corrected chi connectivity index (χ1v) is 7.12. The van der Waals surface area contributed by atoms with Crippen LogP contribution in [0.25, 0.3) is 0 Å². The summed E-state index contributed by atoms with van der Waals surface area (Å²) in [5.41, 5.74) is 2.26. The van der Waals surface area contributed by atoms with Crippen molar-refractivity contribution in [2.24, 2.45) is 0 Å². The van der Waals surface area contributed by atoms with Crippen LogP contribution in [0.3, 0.4) is 0 Å². The average Bonchev–Trinajstić information content (AvgIpc) is 2.96. The molecule has 0 saturated heterocycles. The highest BCUT2D eigenvalue weighted by atomic mass is 16.3. The predicted octanol–water partition coefficient (Wildman–Crippen LogP) is 2.90. The monoisotopic (exact) mass is 259 g/mol. The summed E-state index contributed by atoms with van der Waals surface area (Å²) < 4.78 is 4.41. The Bertz CT molecular complexity index is 539. The summed E-state index contributed by atoms with van der Waals surface area (Å²) in [7, 11) is 0. The molecule has 4 nitrogen and oxygen atoms in total. The van der Waals surface area contributed by atoms with E-state index in [4.69, 9.17) is 0 Å². The maximum Gasteiger partial charge on any atom is 0.0951 e. The van der Waals surface area contributed by atoms with Gasteiger partial charge in [-0.05, 0) is 30.9 Å². The summed E-state index contributed by atoms with van der Waals surface area (Å²) in [6.45, 7) is 2.92. The molecule has 1 atom stereocenters. The molecule has 1 saturated carbocycles. The van der Waals surface area contributed by atoms with Crippen LogP contribution < -0.4 is 0 Å². The Hall–Kier alpha value is -1.55. The molecule has 0 radical (unpaired) electrons. The van der Waals surface area contributed by atoms with Gasteiger partial charge in [0.25, 0.3) is 0 Å². The number of nitrogens with zero attached hydrogens (tertiary/aromatic N) is 3. The fraction of sp³-hybridized carbons (Fsp3) is 0.533. The molecular weight excluding hydrogens is 238 g/mol. The second kappa shape index (κ2) is 5.21. The molecule has 3 rings (SSSR count). The van der Waals surface area contributed by atoms with Gasteiger partial charge in [-0.1, -0.05) is 13.3 Å². The minimum Gasteiger partial charge on any atom is -0.388 e. The van der Waals surface area contributed by atoms with Crippen molar-refractivity contribution in [1.29, 1.82) is 0 Å². The lowest BCUT2D eigenvalue weighted by molar-refractivity contribution is 0.166. The molecule has 1 aliphatic rings. The Morgan fingerprint density at radius 3 is 3.05 bits per heavy atom. The zero-order valence-electron chi connectivity index (χ0n) is 11.4. The molecule has 2 aromatic heterocycles. The first-order valence-electron chi connectivity index (χ1n) is 7.12. The number of imidazole rings is 1. The molecule has 2 heterocycles. The van der Waals surface area contributed by atoms with Crippen LogP contribution in [0, 0.1) is 0 Å². The fourth-order valence-corrected chi connectivity index (χ4v) is 2.52. The summed E-state index contributed by atoms with van der Waals surface area (Å²) in [5, 5.41) is 9.98. The Labute approximate surface area is 113 Å². The fourth-order valence-electron chi connectivity index (χ4n) is 2.52. The molecule has 102 valence electrons. The van der Waals surface area contributed by atoms with Crippen molar-refractivity contribution < 1.29 is 5.11 Å². The average molecular weight is 259 g/mol. The van der Waals surface area contributed by atoms with E-state index in [-0.39, 0.29) is 6.10 Å². The number of rotatable bonds is 6. The zero-order chi connectivity index (χ0) is 13.2. The molecule has 4 heteroatoms. The van der Waals surface area contributed by atoms with E-state index < -0.39 is 0 Å². The molecule has 0 aliphatic heterocycles. The largest absolute Gasteiger partial charge is 0.388 e. The van der Waals surface area contributed by atoms with Crippen molar-refractivity contribution in [2.45, 2.75) is 51.3 Å². The van der Waals surface area contributed by atoms with Crippen LogP contribution in [0.5, 0.6) is 0 Å². The van der Waals surface area contributed by atoms with Crippen molar-refractivity contribution in [1.82, 2.24) is 14.1 Å². The molecule has 0 bridgehead atoms. The summed E-state index contributed by atoms with van der Waals surface area (Å²) in [6, 6.07) is 2.68. The first-order chi connectivity index (χ1) is 9.28. The third-order valence-corrected chi connectivity index (χ3v) is 3.75. The van der Waals surface area contributed by atoms with Gasteiger partial charge in [-0.3, -0.25) is 0 Å². The van der Waals surface area contributed by atoms with Crippen molar-refractivity contribution in [3.8, 4) is 0 Å². The predicted molar refractivity (Wildman–Crippen MR) is 73.9 cm³/mol. The van der Waals surface area contributed by atoms with Crippen molar-refractivity contribution >= 4 is 0 Å². The van der Waals surface area contributed by atoms with E-state index in [9.17, 15) is 5.11 Å². The molecule has 1 aliphatic carbocycles. The van der Waals surface area contributed by atoms with E-state index >= 15 is 0 Å². The molecule has 0 aromatic carbocycles. The second-order valence-electron chi connectivity index (χ2n) is 5.45. The third-order valence-electron chi connectivity index (χ3n) is 3.75. The standard InChI is InChI=1S/C15H21N3O/c1-2-3-15(19)12-6-7-17(9-12)10-14-8-16-11-18(14)13-4-5-13/h6-9,11,13,15,19H,2-5,10H2,1H3. The first kappa shape index (κ1) is 12.5. The topological polar surface area (TPSA) is 43.0 Å². The van der Waals surface area contributed by atoms with E-state index in [1.807, 2.05) is 31.0 Å². The van der Waals surface area contributed by atoms with Crippen LogP contribution in [0.2, 0.25) is 0 Å². The maximum absolute atomic E-state index is 9.98. The molecule has 0 spiro atoms. The van der Waals surface area contributed by atoms with Gasteiger partial charge >= 0.3 is 0 Å². The summed E-state index contributed by atoms with van der Waals surface area (Å²) >= 11 is 0. The minimum atomic E-state index is -0.334.